The summed E-state index contributed by atoms with van der Waals surface area (Å²) >= 11 is 8.97. The Hall–Kier alpha value is -0.867. The van der Waals surface area contributed by atoms with Crippen LogP contribution >= 0.6 is 43.6 Å². The van der Waals surface area contributed by atoms with Crippen LogP contribution in [0.2, 0.25) is 0 Å². The maximum atomic E-state index is 3.65. The van der Waals surface area contributed by atoms with Gasteiger partial charge in [-0.2, -0.15) is 11.1 Å². The van der Waals surface area contributed by atoms with E-state index < -0.39 is 0 Å². The number of fused-ring (bicyclic) bond motifs is 3. The molecule has 0 N–H and O–H groups in total. The van der Waals surface area contributed by atoms with E-state index in [0.29, 0.717) is 11.8 Å². The Balaban J connectivity index is 0.000000185. The molecule has 0 spiro atoms. The average Bonchev–Trinajstić information content (AvgIpc) is 3.48. The van der Waals surface area contributed by atoms with Crippen LogP contribution in [0.3, 0.4) is 0 Å². The zero-order valence-corrected chi connectivity index (χ0v) is 26.8. The third kappa shape index (κ3) is 5.75. The Labute approximate surface area is 265 Å². The van der Waals surface area contributed by atoms with E-state index in [-0.39, 0.29) is 51.0 Å². The third-order valence-electron chi connectivity index (χ3n) is 6.22. The van der Waals surface area contributed by atoms with Crippen molar-refractivity contribution < 1.29 is 51.0 Å². The van der Waals surface area contributed by atoms with E-state index in [1.54, 1.807) is 0 Å². The molecule has 4 aromatic rings. The molecule has 8 rings (SSSR count). The van der Waals surface area contributed by atoms with Gasteiger partial charge in [-0.3, -0.25) is 12.2 Å². The fourth-order valence-electron chi connectivity index (χ4n) is 4.59. The summed E-state index contributed by atoms with van der Waals surface area (Å²) in [6.07, 6.45) is 11.1. The van der Waals surface area contributed by atoms with Crippen molar-refractivity contribution >= 4 is 55.8 Å². The van der Waals surface area contributed by atoms with Gasteiger partial charge in [0.25, 0.3) is 0 Å². The topological polar surface area (TPSA) is 0 Å². The van der Waals surface area contributed by atoms with Crippen molar-refractivity contribution in [3.63, 3.8) is 0 Å². The molecule has 2 aliphatic carbocycles. The molecule has 0 nitrogen and oxygen atoms in total. The summed E-state index contributed by atoms with van der Waals surface area (Å²) in [5, 5.41) is 0. The molecule has 6 heteroatoms. The first-order valence-corrected chi connectivity index (χ1v) is 13.2. The molecule has 0 saturated carbocycles. The SMILES string of the molecule is Brc1ccc2c(c1)C=[C-]C2c1ccccc1.Brc1ccc2c3c1Sc1ccc(cc1)C2[C-]=C3.[Cl-].[Cl-].[Zr+4]. The first kappa shape index (κ1) is 29.7. The van der Waals surface area contributed by atoms with E-state index >= 15 is 0 Å². The second-order valence-corrected chi connectivity index (χ2v) is 11.1. The van der Waals surface area contributed by atoms with Crippen LogP contribution in [-0.4, -0.2) is 0 Å². The molecule has 2 atom stereocenters. The maximum absolute atomic E-state index is 3.65. The molecule has 4 aromatic carbocycles. The van der Waals surface area contributed by atoms with Gasteiger partial charge in [0.1, 0.15) is 0 Å². The van der Waals surface area contributed by atoms with Crippen molar-refractivity contribution in [1.29, 1.82) is 0 Å². The Bertz CT molecular complexity index is 1420. The quantitative estimate of drug-likeness (QED) is 0.271. The Morgan fingerprint density at radius 1 is 0.667 bits per heavy atom. The van der Waals surface area contributed by atoms with E-state index in [2.05, 4.69) is 135 Å². The van der Waals surface area contributed by atoms with Crippen molar-refractivity contribution in [1.82, 2.24) is 0 Å². The van der Waals surface area contributed by atoms with E-state index in [4.69, 9.17) is 0 Å². The van der Waals surface area contributed by atoms with Gasteiger partial charge >= 0.3 is 26.2 Å². The molecule has 0 fully saturated rings. The van der Waals surface area contributed by atoms with E-state index in [1.807, 2.05) is 17.8 Å². The molecular weight excluding hydrogens is 714 g/mol. The van der Waals surface area contributed by atoms with Gasteiger partial charge in [-0.05, 0) is 23.1 Å². The molecule has 0 aromatic heterocycles. The fraction of sp³-hybridized carbons (Fsp3) is 0.0667. The Kier molecular flexibility index (Phi) is 10.5. The predicted molar refractivity (Wildman–Crippen MR) is 144 cm³/mol. The second-order valence-electron chi connectivity index (χ2n) is 8.22. The molecule has 0 radical (unpaired) electrons. The molecule has 2 unspecified atom stereocenters. The number of benzene rings is 4. The smallest absolute Gasteiger partial charge is 1.00 e. The molecule has 0 saturated heterocycles. The minimum absolute atomic E-state index is 0. The number of halogens is 4. The second kappa shape index (κ2) is 12.8. The van der Waals surface area contributed by atoms with Crippen molar-refractivity contribution in [2.75, 3.05) is 0 Å². The first-order chi connectivity index (χ1) is 16.2. The summed E-state index contributed by atoms with van der Waals surface area (Å²) in [5.74, 6) is 0.605. The molecule has 0 amide bonds. The van der Waals surface area contributed by atoms with Crippen molar-refractivity contribution in [2.45, 2.75) is 21.6 Å². The van der Waals surface area contributed by atoms with Crippen LogP contribution in [0.25, 0.3) is 12.2 Å². The van der Waals surface area contributed by atoms with Gasteiger partial charge in [-0.1, -0.05) is 115 Å². The summed E-state index contributed by atoms with van der Waals surface area (Å²) < 4.78 is 2.29. The van der Waals surface area contributed by atoms with Gasteiger partial charge in [0, 0.05) is 13.8 Å². The van der Waals surface area contributed by atoms with Crippen LogP contribution in [0.15, 0.2) is 104 Å². The van der Waals surface area contributed by atoms with Gasteiger partial charge < -0.3 is 24.8 Å². The number of rotatable bonds is 1. The van der Waals surface area contributed by atoms with Gasteiger partial charge in [-0.25, -0.2) is 12.2 Å². The van der Waals surface area contributed by atoms with E-state index in [1.165, 1.54) is 47.6 Å². The molecule has 2 aliphatic heterocycles. The summed E-state index contributed by atoms with van der Waals surface area (Å²) in [5.41, 5.74) is 7.96. The minimum Gasteiger partial charge on any atom is -1.00 e. The van der Waals surface area contributed by atoms with Crippen LogP contribution < -0.4 is 24.8 Å². The number of hydrogen-bond acceptors (Lipinski definition) is 1. The molecule has 176 valence electrons. The Morgan fingerprint density at radius 2 is 1.31 bits per heavy atom. The van der Waals surface area contributed by atoms with Crippen LogP contribution in [-0.2, 0) is 26.2 Å². The standard InChI is InChI=1S/C15H8BrS.C15H10Br.2ClH.Zr/c16-14-8-7-12-11-5-6-13(12)15(14)17-10-3-1-9(11)2-4-10;16-13-7-9-15-12(10-13)6-8-14(15)11-4-2-1-3-5-11;;;/h1-4,6-8,11H;1-7,9-10,14H;2*1H;/q2*-1;;;+4/p-2. The fourth-order valence-corrected chi connectivity index (χ4v) is 6.52. The Morgan fingerprint density at radius 3 is 2.06 bits per heavy atom. The van der Waals surface area contributed by atoms with Crippen molar-refractivity contribution in [3.8, 4) is 0 Å². The van der Waals surface area contributed by atoms with Crippen LogP contribution in [0.4, 0.5) is 0 Å². The van der Waals surface area contributed by atoms with E-state index in [0.717, 1.165) is 4.47 Å². The summed E-state index contributed by atoms with van der Waals surface area (Å²) in [7, 11) is 0. The van der Waals surface area contributed by atoms with Crippen molar-refractivity contribution in [3.05, 3.63) is 139 Å². The largest absolute Gasteiger partial charge is 4.00 e. The monoisotopic (exact) mass is 728 g/mol. The van der Waals surface area contributed by atoms with E-state index in [9.17, 15) is 0 Å². The summed E-state index contributed by atoms with van der Waals surface area (Å²) in [6, 6.07) is 30.1. The van der Waals surface area contributed by atoms with Gasteiger partial charge in [-0.15, -0.1) is 29.0 Å². The molecule has 6 bridgehead atoms. The first-order valence-electron chi connectivity index (χ1n) is 10.8. The van der Waals surface area contributed by atoms with Crippen LogP contribution in [0.5, 0.6) is 0 Å². The number of allylic oxidation sites excluding steroid dienone is 2. The van der Waals surface area contributed by atoms with Crippen LogP contribution in [0.1, 0.15) is 45.2 Å². The maximum Gasteiger partial charge on any atom is 4.00 e. The van der Waals surface area contributed by atoms with Crippen molar-refractivity contribution in [2.24, 2.45) is 0 Å². The van der Waals surface area contributed by atoms with Crippen LogP contribution in [0, 0.1) is 12.2 Å². The summed E-state index contributed by atoms with van der Waals surface area (Å²) in [4.78, 5) is 2.61. The number of hydrogen-bond donors (Lipinski definition) is 0. The van der Waals surface area contributed by atoms with Gasteiger partial charge in [0.15, 0.2) is 0 Å². The molecular formula is C30H18Br2Cl2SZr. The molecule has 4 aliphatic rings. The molecule has 36 heavy (non-hydrogen) atoms. The minimum atomic E-state index is 0. The van der Waals surface area contributed by atoms with Gasteiger partial charge in [0.05, 0.1) is 0 Å². The zero-order chi connectivity index (χ0) is 22.4. The normalized spacial score (nSPS) is 16.7. The van der Waals surface area contributed by atoms with Gasteiger partial charge in [0.2, 0.25) is 0 Å². The third-order valence-corrected chi connectivity index (χ3v) is 8.79. The average molecular weight is 732 g/mol. The predicted octanol–water partition coefficient (Wildman–Crippen LogP) is 3.29. The summed E-state index contributed by atoms with van der Waals surface area (Å²) in [6.45, 7) is 0. The molecule has 2 heterocycles. The zero-order valence-electron chi connectivity index (χ0n) is 18.8.